The minimum Gasteiger partial charge on any atom is -0.325 e. The molecule has 0 aliphatic heterocycles. The zero-order valence-electron chi connectivity index (χ0n) is 17.1. The van der Waals surface area contributed by atoms with E-state index in [1.807, 2.05) is 0 Å². The second kappa shape index (κ2) is 10.5. The number of rotatable bonds is 7. The Labute approximate surface area is 209 Å². The molecule has 3 rings (SSSR count). The standard InChI is InChI=1S/C22H16Cl3F3N2O3S/c23-16-6-8-19(9-7-16)34(32,33)30(12-14-4-5-17(24)11-20(14)25)13-21(31)29-18-3-1-2-15(10-18)22(26,27)28/h1-11H,12-13H2,(H,29,31). The number of nitrogens with one attached hydrogen (secondary N) is 1. The molecule has 180 valence electrons. The van der Waals surface area contributed by atoms with Crippen LogP contribution in [-0.2, 0) is 27.5 Å². The highest BCUT2D eigenvalue weighted by molar-refractivity contribution is 7.89. The van der Waals surface area contributed by atoms with Gasteiger partial charge in [0.1, 0.15) is 0 Å². The van der Waals surface area contributed by atoms with Crippen LogP contribution in [0.15, 0.2) is 71.6 Å². The second-order valence-electron chi connectivity index (χ2n) is 7.09. The number of nitrogens with zero attached hydrogens (tertiary/aromatic N) is 1. The van der Waals surface area contributed by atoms with Gasteiger partial charge in [0.25, 0.3) is 0 Å². The maximum absolute atomic E-state index is 13.3. The summed E-state index contributed by atoms with van der Waals surface area (Å²) in [7, 11) is -4.22. The Balaban J connectivity index is 1.90. The Morgan fingerprint density at radius 2 is 1.56 bits per heavy atom. The normalized spacial score (nSPS) is 12.1. The third-order valence-corrected chi connectivity index (χ3v) is 7.25. The van der Waals surface area contributed by atoms with Gasteiger partial charge in [0.2, 0.25) is 15.9 Å². The van der Waals surface area contributed by atoms with Crippen molar-refractivity contribution < 1.29 is 26.4 Å². The molecule has 0 heterocycles. The number of carbonyl (C=O) groups is 1. The molecular formula is C22H16Cl3F3N2O3S. The molecule has 1 N–H and O–H groups in total. The van der Waals surface area contributed by atoms with E-state index in [-0.39, 0.29) is 22.2 Å². The predicted molar refractivity (Wildman–Crippen MR) is 126 cm³/mol. The Bertz CT molecular complexity index is 1300. The van der Waals surface area contributed by atoms with E-state index in [2.05, 4.69) is 5.32 Å². The van der Waals surface area contributed by atoms with Crippen molar-refractivity contribution in [2.45, 2.75) is 17.6 Å². The molecule has 34 heavy (non-hydrogen) atoms. The molecule has 0 aliphatic rings. The van der Waals surface area contributed by atoms with E-state index in [0.717, 1.165) is 22.5 Å². The summed E-state index contributed by atoms with van der Waals surface area (Å²) in [5.41, 5.74) is -0.715. The molecule has 0 saturated carbocycles. The fraction of sp³-hybridized carbons (Fsp3) is 0.136. The summed E-state index contributed by atoms with van der Waals surface area (Å²) < 4.78 is 66.3. The highest BCUT2D eigenvalue weighted by atomic mass is 35.5. The average Bonchev–Trinajstić information content (AvgIpc) is 2.75. The van der Waals surface area contributed by atoms with Crippen molar-refractivity contribution in [3.05, 3.63) is 92.9 Å². The predicted octanol–water partition coefficient (Wildman–Crippen LogP) is 6.50. The van der Waals surface area contributed by atoms with Crippen LogP contribution in [0.1, 0.15) is 11.1 Å². The number of hydrogen-bond donors (Lipinski definition) is 1. The van der Waals surface area contributed by atoms with Crippen molar-refractivity contribution in [3.8, 4) is 0 Å². The topological polar surface area (TPSA) is 66.5 Å². The fourth-order valence-corrected chi connectivity index (χ4v) is 4.92. The summed E-state index contributed by atoms with van der Waals surface area (Å²) in [6, 6.07) is 13.8. The molecule has 1 amide bonds. The van der Waals surface area contributed by atoms with Crippen molar-refractivity contribution in [1.29, 1.82) is 0 Å². The van der Waals surface area contributed by atoms with Crippen LogP contribution in [0.3, 0.4) is 0 Å². The van der Waals surface area contributed by atoms with Gasteiger partial charge in [-0.2, -0.15) is 17.5 Å². The maximum Gasteiger partial charge on any atom is 0.416 e. The zero-order valence-corrected chi connectivity index (χ0v) is 20.2. The van der Waals surface area contributed by atoms with E-state index in [4.69, 9.17) is 34.8 Å². The highest BCUT2D eigenvalue weighted by Gasteiger charge is 2.31. The first-order chi connectivity index (χ1) is 15.9. The second-order valence-corrected chi connectivity index (χ2v) is 10.3. The lowest BCUT2D eigenvalue weighted by Gasteiger charge is -2.23. The zero-order chi connectivity index (χ0) is 25.1. The number of halogens is 6. The average molecular weight is 552 g/mol. The van der Waals surface area contributed by atoms with Gasteiger partial charge in [-0.15, -0.1) is 0 Å². The smallest absolute Gasteiger partial charge is 0.325 e. The molecule has 12 heteroatoms. The Hall–Kier alpha value is -2.30. The van der Waals surface area contributed by atoms with Crippen molar-refractivity contribution >= 4 is 56.4 Å². The summed E-state index contributed by atoms with van der Waals surface area (Å²) in [6.07, 6.45) is -4.60. The quantitative estimate of drug-likeness (QED) is 0.365. The molecule has 0 atom stereocenters. The van der Waals surface area contributed by atoms with Gasteiger partial charge in [0.05, 0.1) is 17.0 Å². The first-order valence-corrected chi connectivity index (χ1v) is 12.1. The molecule has 0 aliphatic carbocycles. The lowest BCUT2D eigenvalue weighted by Crippen LogP contribution is -2.37. The van der Waals surface area contributed by atoms with Crippen LogP contribution in [0.25, 0.3) is 0 Å². The minimum atomic E-state index is -4.60. The van der Waals surface area contributed by atoms with Gasteiger partial charge < -0.3 is 5.32 Å². The van der Waals surface area contributed by atoms with Gasteiger partial charge in [-0.25, -0.2) is 8.42 Å². The van der Waals surface area contributed by atoms with Crippen molar-refractivity contribution in [2.24, 2.45) is 0 Å². The van der Waals surface area contributed by atoms with Gasteiger partial charge in [-0.05, 0) is 60.2 Å². The highest BCUT2D eigenvalue weighted by Crippen LogP contribution is 2.31. The molecule has 0 spiro atoms. The number of amides is 1. The summed E-state index contributed by atoms with van der Waals surface area (Å²) in [6.45, 7) is -0.989. The van der Waals surface area contributed by atoms with Crippen molar-refractivity contribution in [3.63, 3.8) is 0 Å². The number of anilines is 1. The lowest BCUT2D eigenvalue weighted by atomic mass is 10.2. The third-order valence-electron chi connectivity index (χ3n) is 4.61. The van der Waals surface area contributed by atoms with Crippen LogP contribution in [0.5, 0.6) is 0 Å². The Morgan fingerprint density at radius 1 is 0.912 bits per heavy atom. The lowest BCUT2D eigenvalue weighted by molar-refractivity contribution is -0.137. The van der Waals surface area contributed by atoms with Crippen LogP contribution in [0, 0.1) is 0 Å². The summed E-state index contributed by atoms with van der Waals surface area (Å²) >= 11 is 17.9. The van der Waals surface area contributed by atoms with E-state index in [1.165, 1.54) is 48.5 Å². The van der Waals surface area contributed by atoms with Crippen LogP contribution in [0.4, 0.5) is 18.9 Å². The van der Waals surface area contributed by atoms with E-state index in [0.29, 0.717) is 15.6 Å². The first-order valence-electron chi connectivity index (χ1n) is 9.53. The largest absolute Gasteiger partial charge is 0.416 e. The SMILES string of the molecule is O=C(CN(Cc1ccc(Cl)cc1Cl)S(=O)(=O)c1ccc(Cl)cc1)Nc1cccc(C(F)(F)F)c1. The van der Waals surface area contributed by atoms with Crippen LogP contribution in [0.2, 0.25) is 15.1 Å². The molecule has 0 bridgehead atoms. The van der Waals surface area contributed by atoms with Gasteiger partial charge in [-0.1, -0.05) is 46.9 Å². The van der Waals surface area contributed by atoms with E-state index < -0.39 is 34.2 Å². The minimum absolute atomic E-state index is 0.131. The maximum atomic E-state index is 13.3. The molecule has 0 unspecified atom stereocenters. The molecular weight excluding hydrogens is 536 g/mol. The van der Waals surface area contributed by atoms with E-state index in [9.17, 15) is 26.4 Å². The molecule has 3 aromatic carbocycles. The van der Waals surface area contributed by atoms with Gasteiger partial charge in [0, 0.05) is 27.3 Å². The van der Waals surface area contributed by atoms with E-state index in [1.54, 1.807) is 0 Å². The van der Waals surface area contributed by atoms with Crippen molar-refractivity contribution in [2.75, 3.05) is 11.9 Å². The monoisotopic (exact) mass is 550 g/mol. The number of alkyl halides is 3. The molecule has 0 fully saturated rings. The number of carbonyl (C=O) groups excluding carboxylic acids is 1. The number of hydrogen-bond acceptors (Lipinski definition) is 3. The van der Waals surface area contributed by atoms with Crippen LogP contribution >= 0.6 is 34.8 Å². The third kappa shape index (κ3) is 6.64. The number of sulfonamides is 1. The number of benzene rings is 3. The van der Waals surface area contributed by atoms with E-state index >= 15 is 0 Å². The molecule has 3 aromatic rings. The molecule has 0 aromatic heterocycles. The van der Waals surface area contributed by atoms with Crippen LogP contribution < -0.4 is 5.32 Å². The van der Waals surface area contributed by atoms with Gasteiger partial charge in [0.15, 0.2) is 0 Å². The summed E-state index contributed by atoms with van der Waals surface area (Å²) in [4.78, 5) is 12.5. The first kappa shape index (κ1) is 26.3. The summed E-state index contributed by atoms with van der Waals surface area (Å²) in [5.74, 6) is -0.845. The Morgan fingerprint density at radius 3 is 2.18 bits per heavy atom. The fourth-order valence-electron chi connectivity index (χ4n) is 2.96. The van der Waals surface area contributed by atoms with Gasteiger partial charge in [-0.3, -0.25) is 4.79 Å². The summed E-state index contributed by atoms with van der Waals surface area (Å²) in [5, 5.41) is 3.14. The van der Waals surface area contributed by atoms with Crippen LogP contribution in [-0.4, -0.2) is 25.2 Å². The molecule has 0 saturated heterocycles. The Kier molecular flexibility index (Phi) is 8.15. The molecule has 5 nitrogen and oxygen atoms in total. The van der Waals surface area contributed by atoms with Gasteiger partial charge >= 0.3 is 6.18 Å². The molecule has 0 radical (unpaired) electrons. The van der Waals surface area contributed by atoms with Crippen molar-refractivity contribution in [1.82, 2.24) is 4.31 Å².